The molecule has 1 aromatic carbocycles. The normalized spacial score (nSPS) is 17.3. The van der Waals surface area contributed by atoms with E-state index >= 15 is 0 Å². The van der Waals surface area contributed by atoms with Gasteiger partial charge in [-0.05, 0) is 43.5 Å². The van der Waals surface area contributed by atoms with Crippen LogP contribution in [0.3, 0.4) is 0 Å². The molecule has 0 aliphatic carbocycles. The first-order chi connectivity index (χ1) is 7.99. The molecule has 6 heteroatoms. The van der Waals surface area contributed by atoms with Crippen LogP contribution in [0, 0.1) is 6.92 Å². The van der Waals surface area contributed by atoms with Gasteiger partial charge in [-0.15, -0.1) is 0 Å². The predicted molar refractivity (Wildman–Crippen MR) is 69.5 cm³/mol. The molecule has 1 saturated heterocycles. The van der Waals surface area contributed by atoms with Crippen molar-refractivity contribution in [1.29, 1.82) is 0 Å². The standard InChI is InChI=1S/C11H15ClN2O2S/c1-9-8-10(12)4-5-11(9)13-17(15,16)14-6-2-3-7-14/h4-5,8,13H,2-3,6-7H2,1H3. The second-order valence-electron chi connectivity index (χ2n) is 4.17. The van der Waals surface area contributed by atoms with Gasteiger partial charge in [-0.25, -0.2) is 0 Å². The van der Waals surface area contributed by atoms with Crippen molar-refractivity contribution in [3.8, 4) is 0 Å². The minimum atomic E-state index is -3.41. The van der Waals surface area contributed by atoms with Crippen LogP contribution in [0.1, 0.15) is 18.4 Å². The van der Waals surface area contributed by atoms with Crippen LogP contribution >= 0.6 is 11.6 Å². The van der Waals surface area contributed by atoms with E-state index < -0.39 is 10.2 Å². The molecular weight excluding hydrogens is 260 g/mol. The van der Waals surface area contributed by atoms with Gasteiger partial charge < -0.3 is 0 Å². The van der Waals surface area contributed by atoms with E-state index in [9.17, 15) is 8.42 Å². The summed E-state index contributed by atoms with van der Waals surface area (Å²) in [5.74, 6) is 0. The lowest BCUT2D eigenvalue weighted by molar-refractivity contribution is 0.482. The Morgan fingerprint density at radius 2 is 1.94 bits per heavy atom. The van der Waals surface area contributed by atoms with E-state index in [-0.39, 0.29) is 0 Å². The molecule has 1 N–H and O–H groups in total. The Hall–Kier alpha value is -0.780. The molecule has 4 nitrogen and oxygen atoms in total. The summed E-state index contributed by atoms with van der Waals surface area (Å²) in [7, 11) is -3.41. The number of aryl methyl sites for hydroxylation is 1. The highest BCUT2D eigenvalue weighted by Gasteiger charge is 2.25. The van der Waals surface area contributed by atoms with Crippen LogP contribution in [0.5, 0.6) is 0 Å². The SMILES string of the molecule is Cc1cc(Cl)ccc1NS(=O)(=O)N1CCCC1. The maximum atomic E-state index is 12.0. The monoisotopic (exact) mass is 274 g/mol. The molecule has 0 unspecified atom stereocenters. The van der Waals surface area contributed by atoms with Crippen LogP contribution in [-0.2, 0) is 10.2 Å². The molecule has 1 aliphatic heterocycles. The van der Waals surface area contributed by atoms with E-state index in [1.165, 1.54) is 4.31 Å². The van der Waals surface area contributed by atoms with Gasteiger partial charge >= 0.3 is 10.2 Å². The number of halogens is 1. The van der Waals surface area contributed by atoms with Crippen LogP contribution < -0.4 is 4.72 Å². The summed E-state index contributed by atoms with van der Waals surface area (Å²) in [6, 6.07) is 5.10. The third kappa shape index (κ3) is 2.91. The Bertz CT molecular complexity index is 510. The first kappa shape index (κ1) is 12.7. The van der Waals surface area contributed by atoms with Gasteiger partial charge in [0.25, 0.3) is 0 Å². The predicted octanol–water partition coefficient (Wildman–Crippen LogP) is 2.40. The number of benzene rings is 1. The lowest BCUT2D eigenvalue weighted by Gasteiger charge is -2.18. The van der Waals surface area contributed by atoms with Crippen molar-refractivity contribution in [3.05, 3.63) is 28.8 Å². The van der Waals surface area contributed by atoms with Crippen LogP contribution in [0.15, 0.2) is 18.2 Å². The van der Waals surface area contributed by atoms with Crippen LogP contribution in [0.4, 0.5) is 5.69 Å². The molecule has 0 radical (unpaired) electrons. The number of anilines is 1. The molecule has 1 fully saturated rings. The number of hydrogen-bond donors (Lipinski definition) is 1. The van der Waals surface area contributed by atoms with E-state index in [2.05, 4.69) is 4.72 Å². The lowest BCUT2D eigenvalue weighted by atomic mass is 10.2. The summed E-state index contributed by atoms with van der Waals surface area (Å²) in [4.78, 5) is 0. The third-order valence-electron chi connectivity index (χ3n) is 2.83. The molecule has 1 aliphatic rings. The molecule has 0 aromatic heterocycles. The number of nitrogens with one attached hydrogen (secondary N) is 1. The van der Waals surface area contributed by atoms with Gasteiger partial charge in [0.15, 0.2) is 0 Å². The fraction of sp³-hybridized carbons (Fsp3) is 0.455. The summed E-state index contributed by atoms with van der Waals surface area (Å²) in [6.45, 7) is 3.03. The molecule has 0 saturated carbocycles. The van der Waals surface area contributed by atoms with E-state index in [1.807, 2.05) is 6.92 Å². The summed E-state index contributed by atoms with van der Waals surface area (Å²) < 4.78 is 28.1. The Morgan fingerprint density at radius 3 is 2.53 bits per heavy atom. The minimum absolute atomic E-state index is 0.585. The quantitative estimate of drug-likeness (QED) is 0.920. The van der Waals surface area contributed by atoms with Gasteiger partial charge in [-0.2, -0.15) is 12.7 Å². The topological polar surface area (TPSA) is 49.4 Å². The fourth-order valence-electron chi connectivity index (χ4n) is 1.87. The minimum Gasteiger partial charge on any atom is -0.271 e. The van der Waals surface area contributed by atoms with E-state index in [4.69, 9.17) is 11.6 Å². The zero-order valence-corrected chi connectivity index (χ0v) is 11.2. The number of rotatable bonds is 3. The summed E-state index contributed by atoms with van der Waals surface area (Å²) >= 11 is 5.83. The highest BCUT2D eigenvalue weighted by molar-refractivity contribution is 7.90. The molecule has 1 aromatic rings. The molecule has 17 heavy (non-hydrogen) atoms. The second kappa shape index (κ2) is 4.84. The van der Waals surface area contributed by atoms with Crippen molar-refractivity contribution >= 4 is 27.5 Å². The first-order valence-corrected chi connectivity index (χ1v) is 7.35. The Kier molecular flexibility index (Phi) is 3.61. The average molecular weight is 275 g/mol. The number of nitrogens with zero attached hydrogens (tertiary/aromatic N) is 1. The number of hydrogen-bond acceptors (Lipinski definition) is 2. The van der Waals surface area contributed by atoms with Gasteiger partial charge in [0.05, 0.1) is 5.69 Å². The van der Waals surface area contributed by atoms with Crippen molar-refractivity contribution < 1.29 is 8.42 Å². The molecule has 0 spiro atoms. The molecule has 2 rings (SSSR count). The van der Waals surface area contributed by atoms with Gasteiger partial charge in [0.1, 0.15) is 0 Å². The highest BCUT2D eigenvalue weighted by Crippen LogP contribution is 2.22. The molecule has 0 bridgehead atoms. The molecule has 0 amide bonds. The van der Waals surface area contributed by atoms with Crippen LogP contribution in [0.2, 0.25) is 5.02 Å². The summed E-state index contributed by atoms with van der Waals surface area (Å²) in [5.41, 5.74) is 1.40. The van der Waals surface area contributed by atoms with Gasteiger partial charge in [0, 0.05) is 18.1 Å². The van der Waals surface area contributed by atoms with Gasteiger partial charge in [0.2, 0.25) is 0 Å². The van der Waals surface area contributed by atoms with Crippen molar-refractivity contribution in [2.24, 2.45) is 0 Å². The zero-order valence-electron chi connectivity index (χ0n) is 9.61. The van der Waals surface area contributed by atoms with Crippen LogP contribution in [0.25, 0.3) is 0 Å². The van der Waals surface area contributed by atoms with Gasteiger partial charge in [-0.3, -0.25) is 4.72 Å². The van der Waals surface area contributed by atoms with E-state index in [0.717, 1.165) is 18.4 Å². The van der Waals surface area contributed by atoms with Gasteiger partial charge in [-0.1, -0.05) is 11.6 Å². The second-order valence-corrected chi connectivity index (χ2v) is 6.28. The molecular formula is C11H15ClN2O2S. The van der Waals surface area contributed by atoms with Crippen molar-refractivity contribution in [1.82, 2.24) is 4.31 Å². The maximum Gasteiger partial charge on any atom is 0.301 e. The fourth-order valence-corrected chi connectivity index (χ4v) is 3.48. The van der Waals surface area contributed by atoms with Crippen molar-refractivity contribution in [2.75, 3.05) is 17.8 Å². The summed E-state index contributed by atoms with van der Waals surface area (Å²) in [6.07, 6.45) is 1.86. The molecule has 1 heterocycles. The summed E-state index contributed by atoms with van der Waals surface area (Å²) in [5, 5.41) is 0.603. The Labute approximate surface area is 107 Å². The Balaban J connectivity index is 2.19. The smallest absolute Gasteiger partial charge is 0.271 e. The maximum absolute atomic E-state index is 12.0. The average Bonchev–Trinajstić information content (AvgIpc) is 2.76. The first-order valence-electron chi connectivity index (χ1n) is 5.53. The van der Waals surface area contributed by atoms with Crippen molar-refractivity contribution in [3.63, 3.8) is 0 Å². The largest absolute Gasteiger partial charge is 0.301 e. The lowest BCUT2D eigenvalue weighted by Crippen LogP contribution is -2.33. The van der Waals surface area contributed by atoms with E-state index in [1.54, 1.807) is 18.2 Å². The van der Waals surface area contributed by atoms with E-state index in [0.29, 0.717) is 23.8 Å². The zero-order chi connectivity index (χ0) is 12.5. The van der Waals surface area contributed by atoms with Crippen LogP contribution in [-0.4, -0.2) is 25.8 Å². The van der Waals surface area contributed by atoms with Crippen molar-refractivity contribution in [2.45, 2.75) is 19.8 Å². The molecule has 0 atom stereocenters. The highest BCUT2D eigenvalue weighted by atomic mass is 35.5. The molecule has 94 valence electrons. The Morgan fingerprint density at radius 1 is 1.29 bits per heavy atom. The third-order valence-corrected chi connectivity index (χ3v) is 4.59.